The Kier molecular flexibility index (Phi) is 42.2. The molecule has 0 saturated carbocycles. The zero-order chi connectivity index (χ0) is 45.0. The highest BCUT2D eigenvalue weighted by atomic mass is 31.2. The van der Waals surface area contributed by atoms with E-state index in [1.807, 2.05) is 27.2 Å². The Balaban J connectivity index is 3.99. The summed E-state index contributed by atoms with van der Waals surface area (Å²) in [6.07, 6.45) is 57.5. The Labute approximate surface area is 377 Å². The van der Waals surface area contributed by atoms with E-state index in [1.165, 1.54) is 141 Å². The van der Waals surface area contributed by atoms with E-state index in [1.54, 1.807) is 6.08 Å². The maximum absolute atomic E-state index is 12.8. The number of hydrogen-bond donors (Lipinski definition) is 2. The first-order valence-electron chi connectivity index (χ1n) is 25.2. The summed E-state index contributed by atoms with van der Waals surface area (Å²) in [4.78, 5) is 25.2. The van der Waals surface area contributed by atoms with E-state index in [9.17, 15) is 19.4 Å². The van der Waals surface area contributed by atoms with Gasteiger partial charge in [-0.15, -0.1) is 0 Å². The van der Waals surface area contributed by atoms with Crippen LogP contribution in [0.1, 0.15) is 213 Å². The van der Waals surface area contributed by atoms with Gasteiger partial charge in [0.05, 0.1) is 39.9 Å². The minimum atomic E-state index is -4.59. The van der Waals surface area contributed by atoms with Crippen LogP contribution < -0.4 is 10.2 Å². The van der Waals surface area contributed by atoms with Crippen LogP contribution in [0, 0.1) is 0 Å². The van der Waals surface area contributed by atoms with Gasteiger partial charge in [-0.2, -0.15) is 0 Å². The molecule has 0 aromatic carbocycles. The van der Waals surface area contributed by atoms with E-state index in [2.05, 4.69) is 67.8 Å². The molecule has 0 bridgehead atoms. The number of amides is 1. The molecule has 0 aromatic rings. The molecule has 3 atom stereocenters. The molecule has 0 aliphatic heterocycles. The molecule has 0 spiro atoms. The topological polar surface area (TPSA) is 108 Å². The number of aliphatic hydroxyl groups is 1. The smallest absolute Gasteiger partial charge is 0.268 e. The molecule has 0 fully saturated rings. The predicted molar refractivity (Wildman–Crippen MR) is 261 cm³/mol. The van der Waals surface area contributed by atoms with Crippen LogP contribution in [-0.2, 0) is 18.4 Å². The molecule has 0 rings (SSSR count). The van der Waals surface area contributed by atoms with Crippen LogP contribution in [0.3, 0.4) is 0 Å². The van der Waals surface area contributed by atoms with Crippen molar-refractivity contribution in [2.75, 3.05) is 40.9 Å². The summed E-state index contributed by atoms with van der Waals surface area (Å²) in [5.41, 5.74) is 0. The van der Waals surface area contributed by atoms with Crippen molar-refractivity contribution in [1.29, 1.82) is 0 Å². The van der Waals surface area contributed by atoms with Gasteiger partial charge in [-0.05, 0) is 64.2 Å². The number of rotatable bonds is 45. The van der Waals surface area contributed by atoms with E-state index < -0.39 is 26.6 Å². The minimum Gasteiger partial charge on any atom is -0.756 e. The molecule has 9 heteroatoms. The average Bonchev–Trinajstić information content (AvgIpc) is 3.21. The monoisotopic (exact) mass is 877 g/mol. The number of phosphoric acid groups is 1. The van der Waals surface area contributed by atoms with Gasteiger partial charge in [0, 0.05) is 6.42 Å². The van der Waals surface area contributed by atoms with Gasteiger partial charge in [0.25, 0.3) is 7.82 Å². The van der Waals surface area contributed by atoms with Crippen molar-refractivity contribution in [2.45, 2.75) is 225 Å². The van der Waals surface area contributed by atoms with Crippen LogP contribution in [0.2, 0.25) is 0 Å². The fourth-order valence-electron chi connectivity index (χ4n) is 6.93. The molecule has 2 N–H and O–H groups in total. The van der Waals surface area contributed by atoms with Crippen molar-refractivity contribution in [1.82, 2.24) is 5.32 Å². The highest BCUT2D eigenvalue weighted by Gasteiger charge is 2.23. The van der Waals surface area contributed by atoms with Crippen molar-refractivity contribution in [3.8, 4) is 0 Å². The molecule has 0 aliphatic carbocycles. The first kappa shape index (κ1) is 59.2. The summed E-state index contributed by atoms with van der Waals surface area (Å²) < 4.78 is 23.1. The number of carbonyl (C=O) groups excluding carboxylic acids is 1. The molecular weight excluding hydrogens is 780 g/mol. The molecule has 0 saturated heterocycles. The fourth-order valence-corrected chi connectivity index (χ4v) is 7.65. The standard InChI is InChI=1S/C52H97N2O6P/c1-6-8-10-12-14-16-17-18-19-20-21-22-23-24-25-26-27-28-29-30-31-32-33-34-35-36-37-38-40-42-44-46-52(56)53-50(49-60-61(57,58)59-48-47-54(3,4)5)51(55)45-43-41-39-15-13-11-9-7-2/h13,15,17-18,20-21,23-24,43,45,50-51,55H,6-12,14,16,19,22,25-42,44,46-49H2,1-5H3,(H-,53,56,57,58)/b15-13+,18-17-,21-20-,24-23-,45-43+. The zero-order valence-corrected chi connectivity index (χ0v) is 41.2. The van der Waals surface area contributed by atoms with Gasteiger partial charge in [-0.3, -0.25) is 9.36 Å². The summed E-state index contributed by atoms with van der Waals surface area (Å²) in [5.74, 6) is -0.212. The lowest BCUT2D eigenvalue weighted by Crippen LogP contribution is -2.45. The van der Waals surface area contributed by atoms with E-state index in [4.69, 9.17) is 9.05 Å². The first-order valence-corrected chi connectivity index (χ1v) is 26.6. The van der Waals surface area contributed by atoms with Crippen molar-refractivity contribution < 1.29 is 32.9 Å². The third-order valence-electron chi connectivity index (χ3n) is 10.9. The number of allylic oxidation sites excluding steroid dienone is 9. The minimum absolute atomic E-state index is 0.00802. The summed E-state index contributed by atoms with van der Waals surface area (Å²) in [6.45, 7) is 4.53. The second-order valence-corrected chi connectivity index (χ2v) is 19.6. The Hall–Kier alpha value is -1.80. The number of phosphoric ester groups is 1. The van der Waals surface area contributed by atoms with E-state index >= 15 is 0 Å². The summed E-state index contributed by atoms with van der Waals surface area (Å²) >= 11 is 0. The molecule has 61 heavy (non-hydrogen) atoms. The van der Waals surface area contributed by atoms with Crippen LogP contribution in [-0.4, -0.2) is 68.5 Å². The van der Waals surface area contributed by atoms with E-state index in [-0.39, 0.29) is 12.5 Å². The molecule has 0 aromatic heterocycles. The summed E-state index contributed by atoms with van der Waals surface area (Å²) in [5, 5.41) is 13.7. The van der Waals surface area contributed by atoms with E-state index in [0.29, 0.717) is 17.4 Å². The maximum atomic E-state index is 12.8. The molecule has 1 amide bonds. The lowest BCUT2D eigenvalue weighted by Gasteiger charge is -2.29. The Morgan fingerprint density at radius 1 is 0.574 bits per heavy atom. The van der Waals surface area contributed by atoms with Crippen molar-refractivity contribution in [3.05, 3.63) is 60.8 Å². The Morgan fingerprint density at radius 3 is 1.49 bits per heavy atom. The lowest BCUT2D eigenvalue weighted by molar-refractivity contribution is -0.870. The van der Waals surface area contributed by atoms with Gasteiger partial charge >= 0.3 is 0 Å². The first-order chi connectivity index (χ1) is 29.5. The van der Waals surface area contributed by atoms with Crippen LogP contribution in [0.5, 0.6) is 0 Å². The number of nitrogens with zero attached hydrogens (tertiary/aromatic N) is 1. The quantitative estimate of drug-likeness (QED) is 0.0273. The molecule has 0 radical (unpaired) electrons. The number of quaternary nitrogens is 1. The average molecular weight is 877 g/mol. The fraction of sp³-hybridized carbons (Fsp3) is 0.788. The van der Waals surface area contributed by atoms with Crippen LogP contribution in [0.25, 0.3) is 0 Å². The molecule has 356 valence electrons. The van der Waals surface area contributed by atoms with Crippen molar-refractivity contribution in [2.24, 2.45) is 0 Å². The van der Waals surface area contributed by atoms with Crippen LogP contribution in [0.4, 0.5) is 0 Å². The maximum Gasteiger partial charge on any atom is 0.268 e. The molecule has 0 heterocycles. The molecule has 3 unspecified atom stereocenters. The van der Waals surface area contributed by atoms with Gasteiger partial charge in [0.1, 0.15) is 13.2 Å². The van der Waals surface area contributed by atoms with Crippen LogP contribution >= 0.6 is 7.82 Å². The van der Waals surface area contributed by atoms with Crippen LogP contribution in [0.15, 0.2) is 60.8 Å². The molecular formula is C52H97N2O6P. The highest BCUT2D eigenvalue weighted by molar-refractivity contribution is 7.45. The Bertz CT molecular complexity index is 1180. The number of aliphatic hydroxyl groups excluding tert-OH is 1. The van der Waals surface area contributed by atoms with Gasteiger partial charge in [0.2, 0.25) is 5.91 Å². The number of unbranched alkanes of at least 4 members (excludes halogenated alkanes) is 24. The lowest BCUT2D eigenvalue weighted by atomic mass is 10.0. The second kappa shape index (κ2) is 43.5. The van der Waals surface area contributed by atoms with Gasteiger partial charge in [-0.1, -0.05) is 203 Å². The number of nitrogens with one attached hydrogen (secondary N) is 1. The van der Waals surface area contributed by atoms with Crippen molar-refractivity contribution >= 4 is 13.7 Å². The van der Waals surface area contributed by atoms with Crippen molar-refractivity contribution in [3.63, 3.8) is 0 Å². The van der Waals surface area contributed by atoms with E-state index in [0.717, 1.165) is 51.4 Å². The third kappa shape index (κ3) is 46.0. The summed E-state index contributed by atoms with van der Waals surface area (Å²) in [6, 6.07) is -0.901. The van der Waals surface area contributed by atoms with Gasteiger partial charge < -0.3 is 28.8 Å². The van der Waals surface area contributed by atoms with Gasteiger partial charge in [0.15, 0.2) is 0 Å². The highest BCUT2D eigenvalue weighted by Crippen LogP contribution is 2.38. The largest absolute Gasteiger partial charge is 0.756 e. The number of likely N-dealkylation sites (N-methyl/N-ethyl adjacent to an activating group) is 1. The normalized spacial score (nSPS) is 14.7. The third-order valence-corrected chi connectivity index (χ3v) is 11.9. The number of carbonyl (C=O) groups is 1. The predicted octanol–water partition coefficient (Wildman–Crippen LogP) is 14.0. The SMILES string of the molecule is CCCC/C=C/CC/C=C/C(O)C(COP(=O)([O-])OCC[N+](C)(C)C)NC(=O)CCCCCCCCCCCCCCCCCC/C=C\C/C=C\C/C=C\CCCCCCC. The van der Waals surface area contributed by atoms with Gasteiger partial charge in [-0.25, -0.2) is 0 Å². The molecule has 8 nitrogen and oxygen atoms in total. The second-order valence-electron chi connectivity index (χ2n) is 18.2. The summed E-state index contributed by atoms with van der Waals surface area (Å²) in [7, 11) is 1.24. The number of hydrogen-bond acceptors (Lipinski definition) is 6. The zero-order valence-electron chi connectivity index (χ0n) is 40.4. The molecule has 0 aliphatic rings. The Morgan fingerprint density at radius 2 is 0.984 bits per heavy atom.